The SMILES string of the molecule is O=S(=O)(O)c1ccnc(S(=O)(=O)O)c1. The van der Waals surface area contributed by atoms with Crippen molar-refractivity contribution in [2.45, 2.75) is 9.92 Å². The molecule has 0 saturated heterocycles. The van der Waals surface area contributed by atoms with E-state index in [1.54, 1.807) is 0 Å². The Kier molecular flexibility index (Phi) is 2.58. The molecule has 0 aliphatic heterocycles. The second kappa shape index (κ2) is 3.28. The molecule has 1 rings (SSSR count). The molecule has 0 aromatic carbocycles. The van der Waals surface area contributed by atoms with Gasteiger partial charge in [-0.1, -0.05) is 0 Å². The first-order valence-corrected chi connectivity index (χ1v) is 6.00. The van der Waals surface area contributed by atoms with Crippen LogP contribution in [0.25, 0.3) is 0 Å². The Morgan fingerprint density at radius 2 is 1.64 bits per heavy atom. The lowest BCUT2D eigenvalue weighted by Gasteiger charge is -1.98. The summed E-state index contributed by atoms with van der Waals surface area (Å²) >= 11 is 0. The lowest BCUT2D eigenvalue weighted by atomic mass is 10.5. The first kappa shape index (κ1) is 11.0. The lowest BCUT2D eigenvalue weighted by molar-refractivity contribution is 0.477. The minimum absolute atomic E-state index is 0.546. The average Bonchev–Trinajstić information content (AvgIpc) is 2.01. The van der Waals surface area contributed by atoms with E-state index in [0.29, 0.717) is 6.07 Å². The van der Waals surface area contributed by atoms with E-state index in [1.807, 2.05) is 0 Å². The average molecular weight is 239 g/mol. The van der Waals surface area contributed by atoms with Gasteiger partial charge in [0.25, 0.3) is 10.1 Å². The van der Waals surface area contributed by atoms with Gasteiger partial charge in [-0.3, -0.25) is 9.11 Å². The number of rotatable bonds is 2. The van der Waals surface area contributed by atoms with Gasteiger partial charge in [-0.15, -0.1) is 0 Å². The van der Waals surface area contributed by atoms with Crippen LogP contribution in [0.1, 0.15) is 0 Å². The molecular formula is C5H5NO6S2. The van der Waals surface area contributed by atoms with Crippen molar-refractivity contribution in [1.29, 1.82) is 0 Å². The van der Waals surface area contributed by atoms with E-state index in [1.165, 1.54) is 0 Å². The van der Waals surface area contributed by atoms with Crippen LogP contribution >= 0.6 is 0 Å². The minimum atomic E-state index is -4.57. The zero-order valence-electron chi connectivity index (χ0n) is 6.52. The maximum absolute atomic E-state index is 10.6. The fourth-order valence-corrected chi connectivity index (χ4v) is 1.73. The van der Waals surface area contributed by atoms with E-state index in [9.17, 15) is 16.8 Å². The Morgan fingerprint density at radius 3 is 2.07 bits per heavy atom. The summed E-state index contributed by atoms with van der Waals surface area (Å²) in [6, 6.07) is 1.44. The number of hydrogen-bond donors (Lipinski definition) is 2. The maximum atomic E-state index is 10.6. The van der Waals surface area contributed by atoms with Gasteiger partial charge in [-0.2, -0.15) is 16.8 Å². The highest BCUT2D eigenvalue weighted by molar-refractivity contribution is 7.86. The Labute approximate surface area is 79.9 Å². The molecule has 0 spiro atoms. The summed E-state index contributed by atoms with van der Waals surface area (Å²) in [6.45, 7) is 0. The second-order valence-electron chi connectivity index (χ2n) is 2.28. The van der Waals surface area contributed by atoms with E-state index in [4.69, 9.17) is 9.11 Å². The molecule has 0 aliphatic rings. The summed E-state index contributed by atoms with van der Waals surface area (Å²) in [5.41, 5.74) is 0. The highest BCUT2D eigenvalue weighted by Gasteiger charge is 2.16. The van der Waals surface area contributed by atoms with Gasteiger partial charge >= 0.3 is 10.1 Å². The topological polar surface area (TPSA) is 122 Å². The quantitative estimate of drug-likeness (QED) is 0.671. The fourth-order valence-electron chi connectivity index (χ4n) is 0.693. The summed E-state index contributed by atoms with van der Waals surface area (Å²) in [6.07, 6.45) is 0.839. The van der Waals surface area contributed by atoms with Crippen LogP contribution < -0.4 is 0 Å². The van der Waals surface area contributed by atoms with E-state index >= 15 is 0 Å². The molecule has 0 amide bonds. The predicted molar refractivity (Wildman–Crippen MR) is 43.9 cm³/mol. The zero-order valence-corrected chi connectivity index (χ0v) is 8.16. The highest BCUT2D eigenvalue weighted by Crippen LogP contribution is 2.11. The van der Waals surface area contributed by atoms with Crippen LogP contribution in [0.15, 0.2) is 28.3 Å². The van der Waals surface area contributed by atoms with Crippen LogP contribution in [0.3, 0.4) is 0 Å². The molecule has 0 fully saturated rings. The summed E-state index contributed by atoms with van der Waals surface area (Å²) in [5.74, 6) is 0. The predicted octanol–water partition coefficient (Wildman–Crippen LogP) is -0.425. The van der Waals surface area contributed by atoms with Crippen molar-refractivity contribution < 1.29 is 25.9 Å². The normalized spacial score (nSPS) is 12.7. The molecule has 0 aliphatic carbocycles. The van der Waals surface area contributed by atoms with Gasteiger partial charge in [0.1, 0.15) is 0 Å². The van der Waals surface area contributed by atoms with Crippen molar-refractivity contribution in [1.82, 2.24) is 4.98 Å². The molecule has 1 aromatic rings. The van der Waals surface area contributed by atoms with E-state index in [-0.39, 0.29) is 0 Å². The van der Waals surface area contributed by atoms with Crippen molar-refractivity contribution in [3.8, 4) is 0 Å². The van der Waals surface area contributed by atoms with Crippen LogP contribution in [0.2, 0.25) is 0 Å². The Morgan fingerprint density at radius 1 is 1.07 bits per heavy atom. The molecule has 0 atom stereocenters. The van der Waals surface area contributed by atoms with Gasteiger partial charge in [0, 0.05) is 6.20 Å². The monoisotopic (exact) mass is 239 g/mol. The van der Waals surface area contributed by atoms with E-state index in [0.717, 1.165) is 12.3 Å². The third kappa shape index (κ3) is 2.48. The van der Waals surface area contributed by atoms with Gasteiger partial charge in [-0.05, 0) is 12.1 Å². The Balaban J connectivity index is 3.44. The first-order chi connectivity index (χ1) is 6.21. The van der Waals surface area contributed by atoms with Gasteiger partial charge in [0.05, 0.1) is 4.90 Å². The van der Waals surface area contributed by atoms with Crippen LogP contribution in [0.4, 0.5) is 0 Å². The maximum Gasteiger partial charge on any atom is 0.312 e. The first-order valence-electron chi connectivity index (χ1n) is 3.12. The van der Waals surface area contributed by atoms with Crippen molar-refractivity contribution in [3.63, 3.8) is 0 Å². The molecule has 2 N–H and O–H groups in total. The van der Waals surface area contributed by atoms with Gasteiger partial charge in [0.15, 0.2) is 5.03 Å². The molecule has 14 heavy (non-hydrogen) atoms. The molecule has 0 bridgehead atoms. The Bertz CT molecular complexity index is 498. The third-order valence-electron chi connectivity index (χ3n) is 1.27. The molecule has 0 radical (unpaired) electrons. The zero-order chi connectivity index (χ0) is 11.0. The summed E-state index contributed by atoms with van der Waals surface area (Å²) in [5, 5.41) is -0.840. The van der Waals surface area contributed by atoms with E-state index < -0.39 is 30.2 Å². The van der Waals surface area contributed by atoms with Crippen molar-refractivity contribution >= 4 is 20.2 Å². The fraction of sp³-hybridized carbons (Fsp3) is 0. The third-order valence-corrected chi connectivity index (χ3v) is 2.87. The van der Waals surface area contributed by atoms with Gasteiger partial charge in [0.2, 0.25) is 0 Å². The van der Waals surface area contributed by atoms with Gasteiger partial charge < -0.3 is 0 Å². The van der Waals surface area contributed by atoms with Crippen LogP contribution in [0, 0.1) is 0 Å². The molecule has 1 heterocycles. The molecule has 78 valence electrons. The van der Waals surface area contributed by atoms with Crippen molar-refractivity contribution in [2.24, 2.45) is 0 Å². The Hall–Kier alpha value is -1.03. The molecule has 1 aromatic heterocycles. The number of pyridine rings is 1. The van der Waals surface area contributed by atoms with Gasteiger partial charge in [-0.25, -0.2) is 4.98 Å². The lowest BCUT2D eigenvalue weighted by Crippen LogP contribution is -2.04. The smallest absolute Gasteiger partial charge is 0.282 e. The summed E-state index contributed by atoms with van der Waals surface area (Å²) < 4.78 is 59.2. The highest BCUT2D eigenvalue weighted by atomic mass is 32.2. The van der Waals surface area contributed by atoms with Crippen LogP contribution in [-0.2, 0) is 20.2 Å². The number of aromatic nitrogens is 1. The molecular weight excluding hydrogens is 234 g/mol. The van der Waals surface area contributed by atoms with Crippen LogP contribution in [0.5, 0.6) is 0 Å². The largest absolute Gasteiger partial charge is 0.312 e. The van der Waals surface area contributed by atoms with Crippen molar-refractivity contribution in [2.75, 3.05) is 0 Å². The molecule has 9 heteroatoms. The molecule has 7 nitrogen and oxygen atoms in total. The standard InChI is InChI=1S/C5H5NO6S2/c7-13(8,9)4-1-2-6-5(3-4)14(10,11)12/h1-3H,(H,7,8,9)(H,10,11,12). The molecule has 0 saturated carbocycles. The second-order valence-corrected chi connectivity index (χ2v) is 5.07. The summed E-state index contributed by atoms with van der Waals surface area (Å²) in [4.78, 5) is 2.56. The molecule has 0 unspecified atom stereocenters. The van der Waals surface area contributed by atoms with Crippen molar-refractivity contribution in [3.05, 3.63) is 18.3 Å². The van der Waals surface area contributed by atoms with E-state index in [2.05, 4.69) is 4.98 Å². The summed E-state index contributed by atoms with van der Waals surface area (Å²) in [7, 11) is -9.07. The minimum Gasteiger partial charge on any atom is -0.282 e. The number of hydrogen-bond acceptors (Lipinski definition) is 5. The van der Waals surface area contributed by atoms with Crippen LogP contribution in [-0.4, -0.2) is 30.9 Å². The number of nitrogens with zero attached hydrogens (tertiary/aromatic N) is 1.